The van der Waals surface area contributed by atoms with Crippen LogP contribution in [0.2, 0.25) is 0 Å². The van der Waals surface area contributed by atoms with E-state index in [0.717, 1.165) is 51.4 Å². The van der Waals surface area contributed by atoms with E-state index in [1.165, 1.54) is 135 Å². The molecule has 2 rings (SSSR count). The molecule has 0 aromatic carbocycles. The van der Waals surface area contributed by atoms with Gasteiger partial charge < -0.3 is 65.1 Å². The Morgan fingerprint density at radius 3 is 1.46 bits per heavy atom. The van der Waals surface area contributed by atoms with E-state index in [1.54, 1.807) is 0 Å². The Balaban J connectivity index is 1.71. The van der Waals surface area contributed by atoms with Crippen molar-refractivity contribution in [3.8, 4) is 0 Å². The lowest BCUT2D eigenvalue weighted by Gasteiger charge is -2.46. The van der Waals surface area contributed by atoms with Gasteiger partial charge in [0.1, 0.15) is 48.8 Å². The zero-order valence-electron chi connectivity index (χ0n) is 40.7. The van der Waals surface area contributed by atoms with Gasteiger partial charge in [0, 0.05) is 6.42 Å². The van der Waals surface area contributed by atoms with Crippen LogP contribution in [0.3, 0.4) is 0 Å². The maximum atomic E-state index is 13.2. The number of aliphatic hydroxyl groups excluding tert-OH is 8. The first kappa shape index (κ1) is 59.9. The molecule has 2 fully saturated rings. The van der Waals surface area contributed by atoms with E-state index in [-0.39, 0.29) is 12.5 Å². The van der Waals surface area contributed by atoms with Crippen molar-refractivity contribution in [1.29, 1.82) is 0 Å². The topological polar surface area (TPSA) is 228 Å². The molecular formula is C51H97NO13. The predicted molar refractivity (Wildman–Crippen MR) is 254 cm³/mol. The van der Waals surface area contributed by atoms with Gasteiger partial charge in [0.05, 0.1) is 32.0 Å². The maximum absolute atomic E-state index is 13.2. The second kappa shape index (κ2) is 38.6. The number of aliphatic hydroxyl groups is 8. The van der Waals surface area contributed by atoms with Crippen LogP contribution in [-0.2, 0) is 23.7 Å². The molecule has 0 aromatic rings. The minimum absolute atomic E-state index is 0.209. The molecular weight excluding hydrogens is 835 g/mol. The summed E-state index contributed by atoms with van der Waals surface area (Å²) < 4.78 is 22.7. The third kappa shape index (κ3) is 25.8. The summed E-state index contributed by atoms with van der Waals surface area (Å²) in [7, 11) is 0. The van der Waals surface area contributed by atoms with E-state index < -0.39 is 86.8 Å². The molecule has 384 valence electrons. The summed E-state index contributed by atoms with van der Waals surface area (Å²) in [4.78, 5) is 13.2. The van der Waals surface area contributed by atoms with Gasteiger partial charge >= 0.3 is 0 Å². The average molecular weight is 932 g/mol. The number of nitrogens with one attached hydrogen (secondary N) is 1. The number of allylic oxidation sites excluding steroid dienone is 2. The minimum atomic E-state index is -1.78. The molecule has 65 heavy (non-hydrogen) atoms. The Labute approximate surface area is 393 Å². The van der Waals surface area contributed by atoms with Crippen LogP contribution in [0.25, 0.3) is 0 Å². The molecule has 2 saturated heterocycles. The van der Waals surface area contributed by atoms with Gasteiger partial charge in [-0.05, 0) is 38.5 Å². The molecule has 0 aromatic heterocycles. The second-order valence-corrected chi connectivity index (χ2v) is 19.0. The molecule has 0 spiro atoms. The van der Waals surface area contributed by atoms with Gasteiger partial charge in [-0.3, -0.25) is 4.79 Å². The summed E-state index contributed by atoms with van der Waals surface area (Å²) in [6.07, 6.45) is 23.9. The van der Waals surface area contributed by atoms with Crippen LogP contribution in [0.5, 0.6) is 0 Å². The predicted octanol–water partition coefficient (Wildman–Crippen LogP) is 7.16. The largest absolute Gasteiger partial charge is 0.394 e. The summed E-state index contributed by atoms with van der Waals surface area (Å²) in [5.74, 6) is -0.209. The van der Waals surface area contributed by atoms with E-state index in [4.69, 9.17) is 18.9 Å². The van der Waals surface area contributed by atoms with Gasteiger partial charge in [-0.1, -0.05) is 180 Å². The van der Waals surface area contributed by atoms with Gasteiger partial charge in [0.25, 0.3) is 0 Å². The molecule has 2 aliphatic rings. The number of hydrogen-bond donors (Lipinski definition) is 9. The quantitative estimate of drug-likeness (QED) is 0.0219. The van der Waals surface area contributed by atoms with E-state index in [0.29, 0.717) is 12.8 Å². The average Bonchev–Trinajstić information content (AvgIpc) is 3.30. The second-order valence-electron chi connectivity index (χ2n) is 19.0. The summed E-state index contributed by atoms with van der Waals surface area (Å²) in [6, 6.07) is -0.823. The minimum Gasteiger partial charge on any atom is -0.394 e. The Morgan fingerprint density at radius 1 is 0.538 bits per heavy atom. The first-order chi connectivity index (χ1) is 31.6. The molecule has 2 heterocycles. The van der Waals surface area contributed by atoms with Crippen molar-refractivity contribution in [3.05, 3.63) is 12.2 Å². The molecule has 0 bridgehead atoms. The van der Waals surface area contributed by atoms with Crippen molar-refractivity contribution in [2.24, 2.45) is 0 Å². The van der Waals surface area contributed by atoms with E-state index >= 15 is 0 Å². The van der Waals surface area contributed by atoms with Gasteiger partial charge in [-0.2, -0.15) is 0 Å². The van der Waals surface area contributed by atoms with Crippen molar-refractivity contribution in [2.45, 2.75) is 286 Å². The number of ether oxygens (including phenoxy) is 4. The zero-order valence-corrected chi connectivity index (χ0v) is 40.7. The fraction of sp³-hybridized carbons (Fsp3) is 0.941. The van der Waals surface area contributed by atoms with Crippen molar-refractivity contribution in [3.63, 3.8) is 0 Å². The van der Waals surface area contributed by atoms with Crippen LogP contribution in [0.4, 0.5) is 0 Å². The molecule has 12 unspecified atom stereocenters. The Morgan fingerprint density at radius 2 is 0.969 bits per heavy atom. The van der Waals surface area contributed by atoms with Crippen LogP contribution in [0.15, 0.2) is 12.2 Å². The normalized spacial score (nSPS) is 27.0. The SMILES string of the molecule is CCCCCCCCCC/C=C\CCCCCCCCCCCCCC(=O)NC(COC1OC(CO)C(OC2OC(CO)C(O)C(O)C2O)C(O)C1O)C(O)CCCCCCCCCC. The van der Waals surface area contributed by atoms with Crippen molar-refractivity contribution >= 4 is 5.91 Å². The highest BCUT2D eigenvalue weighted by Gasteiger charge is 2.51. The number of amides is 1. The lowest BCUT2D eigenvalue weighted by Crippen LogP contribution is -2.65. The third-order valence-corrected chi connectivity index (χ3v) is 13.2. The van der Waals surface area contributed by atoms with Crippen LogP contribution >= 0.6 is 0 Å². The highest BCUT2D eigenvalue weighted by atomic mass is 16.7. The number of carbonyl (C=O) groups excluding carboxylic acids is 1. The van der Waals surface area contributed by atoms with Gasteiger partial charge in [-0.25, -0.2) is 0 Å². The Bertz CT molecular complexity index is 1150. The maximum Gasteiger partial charge on any atom is 0.220 e. The first-order valence-corrected chi connectivity index (χ1v) is 26.4. The van der Waals surface area contributed by atoms with E-state index in [2.05, 4.69) is 31.3 Å². The molecule has 0 aliphatic carbocycles. The fourth-order valence-electron chi connectivity index (χ4n) is 8.88. The highest BCUT2D eigenvalue weighted by Crippen LogP contribution is 2.30. The van der Waals surface area contributed by atoms with Crippen LogP contribution in [-0.4, -0.2) is 140 Å². The van der Waals surface area contributed by atoms with Crippen molar-refractivity contribution in [1.82, 2.24) is 5.32 Å². The van der Waals surface area contributed by atoms with Crippen LogP contribution < -0.4 is 5.32 Å². The molecule has 14 nitrogen and oxygen atoms in total. The lowest BCUT2D eigenvalue weighted by atomic mass is 9.97. The molecule has 12 atom stereocenters. The summed E-state index contributed by atoms with van der Waals surface area (Å²) in [5, 5.41) is 86.7. The zero-order chi connectivity index (χ0) is 47.5. The fourth-order valence-corrected chi connectivity index (χ4v) is 8.88. The third-order valence-electron chi connectivity index (χ3n) is 13.2. The molecule has 0 saturated carbocycles. The lowest BCUT2D eigenvalue weighted by molar-refractivity contribution is -0.359. The Hall–Kier alpha value is -1.27. The number of rotatable bonds is 41. The van der Waals surface area contributed by atoms with E-state index in [9.17, 15) is 45.6 Å². The molecule has 9 N–H and O–H groups in total. The van der Waals surface area contributed by atoms with Gasteiger partial charge in [0.2, 0.25) is 5.91 Å². The standard InChI is InChI=1S/C51H97NO13/c1-3-5-7-9-11-13-14-15-16-17-18-19-20-21-22-23-24-25-26-27-29-31-33-35-43(56)52-39(40(55)34-32-30-28-12-10-8-6-4-2)38-62-50-48(61)46(59)49(42(37-54)64-50)65-51-47(60)45(58)44(57)41(36-53)63-51/h17-18,39-42,44-51,53-55,57-61H,3-16,19-38H2,1-2H3,(H,52,56)/b18-17-. The molecule has 14 heteroatoms. The Kier molecular flexibility index (Phi) is 35.5. The number of carbonyl (C=O) groups is 1. The monoisotopic (exact) mass is 932 g/mol. The van der Waals surface area contributed by atoms with Crippen LogP contribution in [0.1, 0.15) is 213 Å². The molecule has 1 amide bonds. The van der Waals surface area contributed by atoms with Crippen molar-refractivity contribution in [2.75, 3.05) is 19.8 Å². The van der Waals surface area contributed by atoms with E-state index in [1.807, 2.05) is 0 Å². The highest BCUT2D eigenvalue weighted by molar-refractivity contribution is 5.76. The summed E-state index contributed by atoms with van der Waals surface area (Å²) in [5.41, 5.74) is 0. The number of hydrogen-bond acceptors (Lipinski definition) is 13. The summed E-state index contributed by atoms with van der Waals surface area (Å²) >= 11 is 0. The smallest absolute Gasteiger partial charge is 0.220 e. The van der Waals surface area contributed by atoms with Crippen LogP contribution in [0, 0.1) is 0 Å². The molecule has 2 aliphatic heterocycles. The number of unbranched alkanes of at least 4 members (excludes halogenated alkanes) is 26. The first-order valence-electron chi connectivity index (χ1n) is 26.4. The van der Waals surface area contributed by atoms with Gasteiger partial charge in [0.15, 0.2) is 12.6 Å². The summed E-state index contributed by atoms with van der Waals surface area (Å²) in [6.45, 7) is 2.82. The van der Waals surface area contributed by atoms with Gasteiger partial charge in [-0.15, -0.1) is 0 Å². The van der Waals surface area contributed by atoms with Crippen molar-refractivity contribution < 1.29 is 64.6 Å². The molecule has 0 radical (unpaired) electrons.